The fraction of sp³-hybridized carbons (Fsp3) is 0.143. The van der Waals surface area contributed by atoms with Gasteiger partial charge in [-0.3, -0.25) is 10.1 Å². The van der Waals surface area contributed by atoms with Gasteiger partial charge in [-0.2, -0.15) is 0 Å². The number of benzene rings is 2. The Morgan fingerprint density at radius 3 is 2.65 bits per heavy atom. The van der Waals surface area contributed by atoms with Crippen LogP contribution in [-0.2, 0) is 6.61 Å². The Bertz CT molecular complexity index is 659. The van der Waals surface area contributed by atoms with Gasteiger partial charge < -0.3 is 10.5 Å². The molecule has 0 aliphatic carbocycles. The highest BCUT2D eigenvalue weighted by molar-refractivity contribution is 6.31. The normalized spacial score (nSPS) is 10.3. The fourth-order valence-electron chi connectivity index (χ4n) is 1.73. The summed E-state index contributed by atoms with van der Waals surface area (Å²) >= 11 is 5.93. The van der Waals surface area contributed by atoms with Gasteiger partial charge in [-0.15, -0.1) is 0 Å². The van der Waals surface area contributed by atoms with E-state index in [0.29, 0.717) is 10.8 Å². The van der Waals surface area contributed by atoms with E-state index >= 15 is 0 Å². The Morgan fingerprint density at radius 1 is 1.30 bits per heavy atom. The summed E-state index contributed by atoms with van der Waals surface area (Å²) in [6.07, 6.45) is 0. The molecule has 5 nitrogen and oxygen atoms in total. The molecule has 0 spiro atoms. The molecule has 0 atom stereocenters. The summed E-state index contributed by atoms with van der Waals surface area (Å²) < 4.78 is 5.60. The first-order valence-electron chi connectivity index (χ1n) is 5.89. The zero-order valence-corrected chi connectivity index (χ0v) is 11.6. The lowest BCUT2D eigenvalue weighted by Gasteiger charge is -2.08. The molecule has 2 rings (SSSR count). The highest BCUT2D eigenvalue weighted by atomic mass is 35.5. The van der Waals surface area contributed by atoms with Crippen LogP contribution in [0.3, 0.4) is 0 Å². The van der Waals surface area contributed by atoms with Crippen molar-refractivity contribution < 1.29 is 9.66 Å². The molecule has 0 aliphatic rings. The van der Waals surface area contributed by atoms with E-state index in [0.717, 1.165) is 11.1 Å². The maximum atomic E-state index is 10.7. The second-order valence-corrected chi connectivity index (χ2v) is 4.76. The summed E-state index contributed by atoms with van der Waals surface area (Å²) in [5.74, 6) is 0.684. The number of ether oxygens (including phenoxy) is 1. The van der Waals surface area contributed by atoms with Gasteiger partial charge in [0.2, 0.25) is 0 Å². The molecule has 2 aromatic carbocycles. The van der Waals surface area contributed by atoms with E-state index in [4.69, 9.17) is 22.1 Å². The molecule has 2 aromatic rings. The van der Waals surface area contributed by atoms with Crippen LogP contribution in [0.4, 0.5) is 11.4 Å². The van der Waals surface area contributed by atoms with Crippen LogP contribution in [0.5, 0.6) is 5.75 Å². The van der Waals surface area contributed by atoms with Gasteiger partial charge in [0, 0.05) is 11.1 Å². The van der Waals surface area contributed by atoms with Crippen LogP contribution in [0.1, 0.15) is 11.1 Å². The van der Waals surface area contributed by atoms with Crippen molar-refractivity contribution in [2.45, 2.75) is 13.5 Å². The number of anilines is 1. The Labute approximate surface area is 121 Å². The van der Waals surface area contributed by atoms with Crippen molar-refractivity contribution in [2.24, 2.45) is 0 Å². The number of nitro benzene ring substituents is 1. The standard InChI is InChI=1S/C14H13ClN2O3/c1-9-6-11(3-4-12(9)15)20-8-10-2-5-14(17(18)19)13(16)7-10/h2-7H,8,16H2,1H3. The SMILES string of the molecule is Cc1cc(OCc2ccc([N+](=O)[O-])c(N)c2)ccc1Cl. The third-order valence-electron chi connectivity index (χ3n) is 2.82. The van der Waals surface area contributed by atoms with E-state index in [-0.39, 0.29) is 18.0 Å². The number of rotatable bonds is 4. The smallest absolute Gasteiger partial charge is 0.292 e. The maximum Gasteiger partial charge on any atom is 0.292 e. The number of nitrogens with two attached hydrogens (primary N) is 1. The Kier molecular flexibility index (Phi) is 4.10. The van der Waals surface area contributed by atoms with Gasteiger partial charge in [0.15, 0.2) is 0 Å². The van der Waals surface area contributed by atoms with Gasteiger partial charge in [-0.25, -0.2) is 0 Å². The highest BCUT2D eigenvalue weighted by Crippen LogP contribution is 2.24. The summed E-state index contributed by atoms with van der Waals surface area (Å²) in [5, 5.41) is 11.3. The second kappa shape index (κ2) is 5.79. The maximum absolute atomic E-state index is 10.7. The van der Waals surface area contributed by atoms with E-state index in [2.05, 4.69) is 0 Å². The minimum atomic E-state index is -0.511. The van der Waals surface area contributed by atoms with Crippen molar-refractivity contribution >= 4 is 23.0 Å². The predicted octanol–water partition coefficient (Wildman–Crippen LogP) is 3.72. The lowest BCUT2D eigenvalue weighted by Crippen LogP contribution is -2.00. The molecule has 20 heavy (non-hydrogen) atoms. The molecule has 6 heteroatoms. The molecule has 0 amide bonds. The third kappa shape index (κ3) is 3.19. The van der Waals surface area contributed by atoms with Gasteiger partial charge in [-0.1, -0.05) is 11.6 Å². The predicted molar refractivity (Wildman–Crippen MR) is 78.0 cm³/mol. The van der Waals surface area contributed by atoms with Gasteiger partial charge >= 0.3 is 0 Å². The van der Waals surface area contributed by atoms with Crippen molar-refractivity contribution in [1.82, 2.24) is 0 Å². The molecule has 0 aliphatic heterocycles. The number of nitro groups is 1. The van der Waals surface area contributed by atoms with Crippen molar-refractivity contribution in [1.29, 1.82) is 0 Å². The molecular weight excluding hydrogens is 280 g/mol. The van der Waals surface area contributed by atoms with Crippen LogP contribution in [0.25, 0.3) is 0 Å². The van der Waals surface area contributed by atoms with Gasteiger partial charge in [0.1, 0.15) is 18.0 Å². The first kappa shape index (κ1) is 14.1. The van der Waals surface area contributed by atoms with Gasteiger partial charge in [-0.05, 0) is 48.4 Å². The number of nitrogen functional groups attached to an aromatic ring is 1. The van der Waals surface area contributed by atoms with Crippen LogP contribution < -0.4 is 10.5 Å². The van der Waals surface area contributed by atoms with E-state index < -0.39 is 4.92 Å². The highest BCUT2D eigenvalue weighted by Gasteiger charge is 2.11. The quantitative estimate of drug-likeness (QED) is 0.529. The van der Waals surface area contributed by atoms with Crippen LogP contribution in [0.15, 0.2) is 36.4 Å². The van der Waals surface area contributed by atoms with E-state index in [1.807, 2.05) is 13.0 Å². The van der Waals surface area contributed by atoms with Crippen molar-refractivity contribution in [2.75, 3.05) is 5.73 Å². The summed E-state index contributed by atoms with van der Waals surface area (Å²) in [4.78, 5) is 10.2. The zero-order chi connectivity index (χ0) is 14.7. The van der Waals surface area contributed by atoms with Gasteiger partial charge in [0.25, 0.3) is 5.69 Å². The van der Waals surface area contributed by atoms with Gasteiger partial charge in [0.05, 0.1) is 4.92 Å². The Balaban J connectivity index is 2.09. The fourth-order valence-corrected chi connectivity index (χ4v) is 1.85. The van der Waals surface area contributed by atoms with Crippen LogP contribution in [-0.4, -0.2) is 4.92 Å². The molecule has 0 saturated heterocycles. The minimum Gasteiger partial charge on any atom is -0.489 e. The van der Waals surface area contributed by atoms with Crippen molar-refractivity contribution in [3.63, 3.8) is 0 Å². The van der Waals surface area contributed by atoms with E-state index in [9.17, 15) is 10.1 Å². The first-order valence-corrected chi connectivity index (χ1v) is 6.27. The zero-order valence-electron chi connectivity index (χ0n) is 10.8. The van der Waals surface area contributed by atoms with Crippen LogP contribution in [0, 0.1) is 17.0 Å². The molecule has 0 unspecified atom stereocenters. The largest absolute Gasteiger partial charge is 0.489 e. The molecule has 0 fully saturated rings. The van der Waals surface area contributed by atoms with Crippen molar-refractivity contribution in [3.8, 4) is 5.75 Å². The average Bonchev–Trinajstić information content (AvgIpc) is 2.40. The average molecular weight is 293 g/mol. The summed E-state index contributed by atoms with van der Waals surface area (Å²) in [6.45, 7) is 2.17. The van der Waals surface area contributed by atoms with Crippen molar-refractivity contribution in [3.05, 3.63) is 62.7 Å². The van der Waals surface area contributed by atoms with Crippen LogP contribution in [0.2, 0.25) is 5.02 Å². The minimum absolute atomic E-state index is 0.101. The number of nitrogens with zero attached hydrogens (tertiary/aromatic N) is 1. The van der Waals surface area contributed by atoms with Crippen LogP contribution >= 0.6 is 11.6 Å². The Morgan fingerprint density at radius 2 is 2.05 bits per heavy atom. The number of hydrogen-bond donors (Lipinski definition) is 1. The Hall–Kier alpha value is -2.27. The number of aryl methyl sites for hydroxylation is 1. The van der Waals surface area contributed by atoms with E-state index in [1.165, 1.54) is 6.07 Å². The first-order chi connectivity index (χ1) is 9.47. The topological polar surface area (TPSA) is 78.4 Å². The molecule has 2 N–H and O–H groups in total. The summed E-state index contributed by atoms with van der Waals surface area (Å²) in [6, 6.07) is 9.90. The lowest BCUT2D eigenvalue weighted by molar-refractivity contribution is -0.383. The number of halogens is 1. The monoisotopic (exact) mass is 292 g/mol. The molecule has 0 aromatic heterocycles. The molecule has 0 heterocycles. The van der Waals surface area contributed by atoms with E-state index in [1.54, 1.807) is 24.3 Å². The second-order valence-electron chi connectivity index (χ2n) is 4.35. The molecule has 0 bridgehead atoms. The number of hydrogen-bond acceptors (Lipinski definition) is 4. The third-order valence-corrected chi connectivity index (χ3v) is 3.25. The summed E-state index contributed by atoms with van der Waals surface area (Å²) in [5.41, 5.74) is 7.34. The lowest BCUT2D eigenvalue weighted by atomic mass is 10.2. The molecule has 0 radical (unpaired) electrons. The molecule has 104 valence electrons. The molecule has 0 saturated carbocycles. The summed E-state index contributed by atoms with van der Waals surface area (Å²) in [7, 11) is 0. The molecular formula is C14H13ClN2O3.